The smallest absolute Gasteiger partial charge is 0.168 e. The fourth-order valence-corrected chi connectivity index (χ4v) is 1.84. The molecule has 4 N–H and O–H groups in total. The van der Waals surface area contributed by atoms with Gasteiger partial charge < -0.3 is 16.2 Å². The van der Waals surface area contributed by atoms with Gasteiger partial charge in [-0.25, -0.2) is 13.8 Å². The highest BCUT2D eigenvalue weighted by molar-refractivity contribution is 5.48. The van der Waals surface area contributed by atoms with Gasteiger partial charge in [0.15, 0.2) is 23.3 Å². The van der Waals surface area contributed by atoms with Gasteiger partial charge in [-0.1, -0.05) is 30.3 Å². The summed E-state index contributed by atoms with van der Waals surface area (Å²) in [6.07, 6.45) is 0. The van der Waals surface area contributed by atoms with E-state index in [4.69, 9.17) is 5.73 Å². The summed E-state index contributed by atoms with van der Waals surface area (Å²) in [5, 5.41) is 12.4. The van der Waals surface area contributed by atoms with Crippen molar-refractivity contribution in [2.75, 3.05) is 17.7 Å². The molecule has 6 heteroatoms. The zero-order valence-electron chi connectivity index (χ0n) is 10.9. The lowest BCUT2D eigenvalue weighted by molar-refractivity contribution is 0.223. The van der Waals surface area contributed by atoms with Crippen LogP contribution in [-0.2, 0) is 5.54 Å². The highest BCUT2D eigenvalue weighted by Crippen LogP contribution is 2.27. The minimum atomic E-state index is -0.959. The molecule has 0 radical (unpaired) electrons. The zero-order valence-corrected chi connectivity index (χ0v) is 10.9. The average molecular weight is 279 g/mol. The molecule has 1 aromatic heterocycles. The Hall–Kier alpha value is -2.21. The number of aliphatic hydroxyl groups is 1. The van der Waals surface area contributed by atoms with Crippen molar-refractivity contribution >= 4 is 11.6 Å². The predicted molar refractivity (Wildman–Crippen MR) is 73.1 cm³/mol. The first kappa shape index (κ1) is 14.2. The predicted octanol–water partition coefficient (Wildman–Crippen LogP) is 2.26. The van der Waals surface area contributed by atoms with E-state index in [0.29, 0.717) is 6.07 Å². The van der Waals surface area contributed by atoms with Crippen LogP contribution in [0.2, 0.25) is 0 Å². The molecule has 1 heterocycles. The van der Waals surface area contributed by atoms with Gasteiger partial charge in [-0.3, -0.25) is 0 Å². The summed E-state index contributed by atoms with van der Waals surface area (Å²) in [5.41, 5.74) is 5.12. The monoisotopic (exact) mass is 279 g/mol. The molecule has 1 unspecified atom stereocenters. The molecule has 20 heavy (non-hydrogen) atoms. The Morgan fingerprint density at radius 1 is 1.25 bits per heavy atom. The number of nitrogens with zero attached hydrogens (tertiary/aromatic N) is 1. The first-order valence-electron chi connectivity index (χ1n) is 6.02. The van der Waals surface area contributed by atoms with Gasteiger partial charge in [-0.15, -0.1) is 0 Å². The number of hydrogen-bond donors (Lipinski definition) is 3. The lowest BCUT2D eigenvalue weighted by Gasteiger charge is -2.30. The maximum absolute atomic E-state index is 13.7. The fourth-order valence-electron chi connectivity index (χ4n) is 1.84. The Kier molecular flexibility index (Phi) is 3.85. The van der Waals surface area contributed by atoms with E-state index in [9.17, 15) is 13.9 Å². The Bertz CT molecular complexity index is 607. The third kappa shape index (κ3) is 2.70. The number of halogens is 2. The molecule has 1 atom stereocenters. The molecule has 1 aromatic carbocycles. The number of hydrogen-bond acceptors (Lipinski definition) is 4. The second-order valence-electron chi connectivity index (χ2n) is 4.67. The SMILES string of the molecule is CC(CO)(Nc1nc(N)c(F)cc1F)c1ccccc1. The number of nitrogens with one attached hydrogen (secondary N) is 1. The molecule has 0 fully saturated rings. The summed E-state index contributed by atoms with van der Waals surface area (Å²) in [6, 6.07) is 9.66. The first-order valence-corrected chi connectivity index (χ1v) is 6.02. The van der Waals surface area contributed by atoms with Crippen LogP contribution in [0.1, 0.15) is 12.5 Å². The minimum absolute atomic E-state index is 0.204. The highest BCUT2D eigenvalue weighted by atomic mass is 19.1. The van der Waals surface area contributed by atoms with E-state index in [0.717, 1.165) is 5.56 Å². The van der Waals surface area contributed by atoms with Crippen molar-refractivity contribution in [3.8, 4) is 0 Å². The van der Waals surface area contributed by atoms with Crippen LogP contribution in [0, 0.1) is 11.6 Å². The Labute approximate surface area is 115 Å². The topological polar surface area (TPSA) is 71.2 Å². The van der Waals surface area contributed by atoms with Gasteiger partial charge in [-0.05, 0) is 12.5 Å². The summed E-state index contributed by atoms with van der Waals surface area (Å²) in [6.45, 7) is 1.39. The van der Waals surface area contributed by atoms with E-state index in [-0.39, 0.29) is 12.4 Å². The number of benzene rings is 1. The van der Waals surface area contributed by atoms with Crippen LogP contribution in [0.15, 0.2) is 36.4 Å². The minimum Gasteiger partial charge on any atom is -0.394 e. The molecule has 0 spiro atoms. The zero-order chi connectivity index (χ0) is 14.8. The quantitative estimate of drug-likeness (QED) is 0.803. The van der Waals surface area contributed by atoms with E-state index in [2.05, 4.69) is 10.3 Å². The molecule has 0 saturated heterocycles. The number of aromatic nitrogens is 1. The van der Waals surface area contributed by atoms with Crippen LogP contribution in [0.25, 0.3) is 0 Å². The van der Waals surface area contributed by atoms with Crippen molar-refractivity contribution in [2.24, 2.45) is 0 Å². The van der Waals surface area contributed by atoms with Crippen molar-refractivity contribution in [1.29, 1.82) is 0 Å². The molecule has 0 aliphatic rings. The molecule has 0 amide bonds. The molecular weight excluding hydrogens is 264 g/mol. The molecule has 0 bridgehead atoms. The van der Waals surface area contributed by atoms with Crippen molar-refractivity contribution in [2.45, 2.75) is 12.5 Å². The number of rotatable bonds is 4. The average Bonchev–Trinajstić information content (AvgIpc) is 2.45. The standard InChI is InChI=1S/C14H15F2N3O/c1-14(8-20,9-5-3-2-4-6-9)19-13-11(16)7-10(15)12(17)18-13/h2-7,20H,8H2,1H3,(H3,17,18,19). The second-order valence-corrected chi connectivity index (χ2v) is 4.67. The molecule has 4 nitrogen and oxygen atoms in total. The van der Waals surface area contributed by atoms with Crippen molar-refractivity contribution in [3.05, 3.63) is 53.6 Å². The molecule has 106 valence electrons. The number of pyridine rings is 1. The van der Waals surface area contributed by atoms with Crippen LogP contribution in [0.4, 0.5) is 20.4 Å². The summed E-state index contributed by atoms with van der Waals surface area (Å²) >= 11 is 0. The number of anilines is 2. The third-order valence-electron chi connectivity index (χ3n) is 3.08. The van der Waals surface area contributed by atoms with E-state index >= 15 is 0 Å². The van der Waals surface area contributed by atoms with Crippen molar-refractivity contribution < 1.29 is 13.9 Å². The molecule has 0 aliphatic carbocycles. The summed E-state index contributed by atoms with van der Waals surface area (Å²) in [5.74, 6) is -2.39. The fraction of sp³-hybridized carbons (Fsp3) is 0.214. The second kappa shape index (κ2) is 5.42. The van der Waals surface area contributed by atoms with Gasteiger partial charge in [-0.2, -0.15) is 0 Å². The lowest BCUT2D eigenvalue weighted by Crippen LogP contribution is -2.36. The molecule has 2 rings (SSSR count). The van der Waals surface area contributed by atoms with Gasteiger partial charge in [0.2, 0.25) is 0 Å². The Morgan fingerprint density at radius 2 is 1.90 bits per heavy atom. The van der Waals surface area contributed by atoms with E-state index < -0.39 is 23.0 Å². The highest BCUT2D eigenvalue weighted by Gasteiger charge is 2.27. The van der Waals surface area contributed by atoms with Crippen LogP contribution < -0.4 is 11.1 Å². The van der Waals surface area contributed by atoms with Gasteiger partial charge in [0.05, 0.1) is 12.1 Å². The van der Waals surface area contributed by atoms with E-state index in [1.54, 1.807) is 31.2 Å². The Balaban J connectivity index is 2.38. The van der Waals surface area contributed by atoms with E-state index in [1.807, 2.05) is 6.07 Å². The lowest BCUT2D eigenvalue weighted by atomic mass is 9.93. The summed E-state index contributed by atoms with van der Waals surface area (Å²) < 4.78 is 26.8. The largest absolute Gasteiger partial charge is 0.394 e. The molecule has 2 aromatic rings. The van der Waals surface area contributed by atoms with Crippen LogP contribution in [0.3, 0.4) is 0 Å². The van der Waals surface area contributed by atoms with Crippen LogP contribution >= 0.6 is 0 Å². The number of nitrogen functional groups attached to an aromatic ring is 1. The maximum atomic E-state index is 13.7. The molecular formula is C14H15F2N3O. The van der Waals surface area contributed by atoms with Crippen molar-refractivity contribution in [1.82, 2.24) is 4.98 Å². The Morgan fingerprint density at radius 3 is 2.50 bits per heavy atom. The molecule has 0 aliphatic heterocycles. The van der Waals surface area contributed by atoms with Gasteiger partial charge in [0, 0.05) is 6.07 Å². The van der Waals surface area contributed by atoms with Crippen molar-refractivity contribution in [3.63, 3.8) is 0 Å². The number of nitrogens with two attached hydrogens (primary N) is 1. The van der Waals surface area contributed by atoms with Gasteiger partial charge in [0.1, 0.15) is 0 Å². The van der Waals surface area contributed by atoms with Gasteiger partial charge in [0.25, 0.3) is 0 Å². The van der Waals surface area contributed by atoms with Crippen LogP contribution in [-0.4, -0.2) is 16.7 Å². The normalized spacial score (nSPS) is 13.8. The maximum Gasteiger partial charge on any atom is 0.168 e. The summed E-state index contributed by atoms with van der Waals surface area (Å²) in [4.78, 5) is 3.64. The van der Waals surface area contributed by atoms with E-state index in [1.165, 1.54) is 0 Å². The number of aliphatic hydroxyl groups excluding tert-OH is 1. The first-order chi connectivity index (χ1) is 9.46. The third-order valence-corrected chi connectivity index (χ3v) is 3.08. The molecule has 0 saturated carbocycles. The van der Waals surface area contributed by atoms with Gasteiger partial charge >= 0.3 is 0 Å². The summed E-state index contributed by atoms with van der Waals surface area (Å²) in [7, 11) is 0. The van der Waals surface area contributed by atoms with Crippen LogP contribution in [0.5, 0.6) is 0 Å².